The Bertz CT molecular complexity index is 1040. The average Bonchev–Trinajstić information content (AvgIpc) is 3.19. The zero-order chi connectivity index (χ0) is 20.6. The van der Waals surface area contributed by atoms with Gasteiger partial charge in [-0.15, -0.1) is 11.8 Å². The van der Waals surface area contributed by atoms with E-state index in [1.165, 1.54) is 22.5 Å². The summed E-state index contributed by atoms with van der Waals surface area (Å²) in [6.45, 7) is 3.74. The van der Waals surface area contributed by atoms with Gasteiger partial charge in [0.1, 0.15) is 0 Å². The molecule has 1 amide bonds. The van der Waals surface area contributed by atoms with Gasteiger partial charge in [-0.25, -0.2) is 8.42 Å². The average molecular weight is 451 g/mol. The van der Waals surface area contributed by atoms with Crippen molar-refractivity contribution >= 4 is 45.0 Å². The Morgan fingerprint density at radius 3 is 2.59 bits per heavy atom. The summed E-state index contributed by atoms with van der Waals surface area (Å²) in [6, 6.07) is 12.2. The molecule has 0 spiro atoms. The van der Waals surface area contributed by atoms with Crippen LogP contribution in [0.3, 0.4) is 0 Å². The van der Waals surface area contributed by atoms with Gasteiger partial charge in [-0.3, -0.25) is 4.79 Å². The van der Waals surface area contributed by atoms with Crippen LogP contribution in [0.1, 0.15) is 36.5 Å². The van der Waals surface area contributed by atoms with Crippen LogP contribution in [0.25, 0.3) is 0 Å². The molecule has 1 fully saturated rings. The van der Waals surface area contributed by atoms with Crippen molar-refractivity contribution in [1.82, 2.24) is 4.31 Å². The van der Waals surface area contributed by atoms with Gasteiger partial charge in [0.05, 0.1) is 21.2 Å². The standard InChI is InChI=1S/C21H23ClN2O3S2/c1-15-10-13-24(19-6-2-3-7-20(19)28-15)21(25)17-14-16(8-9-18(17)22)29(26,27)23-11-4-5-12-23/h2-3,6-9,14-15H,4-5,10-13H2,1H3. The molecule has 0 bridgehead atoms. The monoisotopic (exact) mass is 450 g/mol. The lowest BCUT2D eigenvalue weighted by atomic mass is 10.1. The first-order valence-electron chi connectivity index (χ1n) is 9.75. The fraction of sp³-hybridized carbons (Fsp3) is 0.381. The van der Waals surface area contributed by atoms with E-state index >= 15 is 0 Å². The molecule has 2 aromatic carbocycles. The van der Waals surface area contributed by atoms with E-state index in [9.17, 15) is 13.2 Å². The van der Waals surface area contributed by atoms with Crippen LogP contribution in [-0.2, 0) is 10.0 Å². The minimum absolute atomic E-state index is 0.123. The van der Waals surface area contributed by atoms with Crippen LogP contribution < -0.4 is 4.90 Å². The Kier molecular flexibility index (Phi) is 5.93. The predicted octanol–water partition coefficient (Wildman–Crippen LogP) is 4.66. The number of nitrogens with zero attached hydrogens (tertiary/aromatic N) is 2. The summed E-state index contributed by atoms with van der Waals surface area (Å²) in [6.07, 6.45) is 2.56. The Labute approximate surface area is 181 Å². The highest BCUT2D eigenvalue weighted by atomic mass is 35.5. The van der Waals surface area contributed by atoms with Crippen LogP contribution in [0, 0.1) is 0 Å². The maximum Gasteiger partial charge on any atom is 0.259 e. The largest absolute Gasteiger partial charge is 0.307 e. The van der Waals surface area contributed by atoms with E-state index in [0.29, 0.717) is 24.9 Å². The number of benzene rings is 2. The number of rotatable bonds is 3. The molecule has 2 aliphatic rings. The quantitative estimate of drug-likeness (QED) is 0.682. The van der Waals surface area contributed by atoms with Crippen LogP contribution in [0.5, 0.6) is 0 Å². The fourth-order valence-corrected chi connectivity index (χ4v) is 6.60. The second-order valence-electron chi connectivity index (χ2n) is 7.39. The van der Waals surface area contributed by atoms with Gasteiger partial charge in [-0.1, -0.05) is 30.7 Å². The molecule has 2 heterocycles. The molecule has 29 heavy (non-hydrogen) atoms. The van der Waals surface area contributed by atoms with E-state index in [1.807, 2.05) is 24.3 Å². The van der Waals surface area contributed by atoms with Gasteiger partial charge in [0.2, 0.25) is 10.0 Å². The molecule has 0 aromatic heterocycles. The molecule has 5 nitrogen and oxygen atoms in total. The van der Waals surface area contributed by atoms with Crippen LogP contribution in [0.2, 0.25) is 5.02 Å². The lowest BCUT2D eigenvalue weighted by Gasteiger charge is -2.23. The minimum Gasteiger partial charge on any atom is -0.307 e. The van der Waals surface area contributed by atoms with Gasteiger partial charge >= 0.3 is 0 Å². The molecule has 4 rings (SSSR count). The lowest BCUT2D eigenvalue weighted by molar-refractivity contribution is 0.0986. The number of sulfonamides is 1. The zero-order valence-corrected chi connectivity index (χ0v) is 18.6. The van der Waals surface area contributed by atoms with E-state index in [-0.39, 0.29) is 21.4 Å². The summed E-state index contributed by atoms with van der Waals surface area (Å²) in [5, 5.41) is 0.643. The predicted molar refractivity (Wildman–Crippen MR) is 117 cm³/mol. The third-order valence-electron chi connectivity index (χ3n) is 5.36. The molecule has 1 saturated heterocycles. The number of carbonyl (C=O) groups excluding carboxylic acids is 1. The minimum atomic E-state index is -3.62. The SMILES string of the molecule is CC1CCN(C(=O)c2cc(S(=O)(=O)N3CCCC3)ccc2Cl)c2ccccc2S1. The second kappa shape index (κ2) is 8.30. The number of carbonyl (C=O) groups is 1. The number of fused-ring (bicyclic) bond motifs is 1. The van der Waals surface area contributed by atoms with Crippen molar-refractivity contribution in [2.45, 2.75) is 41.2 Å². The molecule has 0 saturated carbocycles. The number of halogens is 1. The van der Waals surface area contributed by atoms with Crippen molar-refractivity contribution in [3.63, 3.8) is 0 Å². The first-order chi connectivity index (χ1) is 13.9. The van der Waals surface area contributed by atoms with Crippen molar-refractivity contribution in [2.24, 2.45) is 0 Å². The van der Waals surface area contributed by atoms with Gasteiger partial charge in [-0.05, 0) is 49.6 Å². The van der Waals surface area contributed by atoms with Crippen LogP contribution >= 0.6 is 23.4 Å². The Balaban J connectivity index is 1.72. The maximum absolute atomic E-state index is 13.5. The molecule has 2 aliphatic heterocycles. The molecule has 0 radical (unpaired) electrons. The van der Waals surface area contributed by atoms with E-state index in [2.05, 4.69) is 6.92 Å². The summed E-state index contributed by atoms with van der Waals surface area (Å²) in [5.41, 5.74) is 1.07. The summed E-state index contributed by atoms with van der Waals surface area (Å²) >= 11 is 8.10. The van der Waals surface area contributed by atoms with Gasteiger partial charge in [0, 0.05) is 29.8 Å². The third-order valence-corrected chi connectivity index (χ3v) is 8.82. The van der Waals surface area contributed by atoms with Gasteiger partial charge in [-0.2, -0.15) is 4.31 Å². The first-order valence-corrected chi connectivity index (χ1v) is 12.4. The van der Waals surface area contributed by atoms with E-state index in [4.69, 9.17) is 11.6 Å². The summed E-state index contributed by atoms with van der Waals surface area (Å²) < 4.78 is 27.4. The van der Waals surface area contributed by atoms with Crippen molar-refractivity contribution in [3.05, 3.63) is 53.1 Å². The molecule has 2 aromatic rings. The number of hydrogen-bond donors (Lipinski definition) is 0. The Hall–Kier alpha value is -1.54. The number of thioether (sulfide) groups is 1. The van der Waals surface area contributed by atoms with E-state index in [1.54, 1.807) is 16.7 Å². The first kappa shape index (κ1) is 20.7. The maximum atomic E-state index is 13.5. The summed E-state index contributed by atoms with van der Waals surface area (Å²) in [5.74, 6) is -0.268. The van der Waals surface area contributed by atoms with Crippen LogP contribution in [0.4, 0.5) is 5.69 Å². The van der Waals surface area contributed by atoms with Crippen LogP contribution in [0.15, 0.2) is 52.3 Å². The number of hydrogen-bond acceptors (Lipinski definition) is 4. The van der Waals surface area contributed by atoms with Crippen molar-refractivity contribution in [2.75, 3.05) is 24.5 Å². The second-order valence-corrected chi connectivity index (χ2v) is 11.2. The van der Waals surface area contributed by atoms with Gasteiger partial charge < -0.3 is 4.90 Å². The molecular weight excluding hydrogens is 428 g/mol. The highest BCUT2D eigenvalue weighted by Gasteiger charge is 2.30. The molecule has 0 aliphatic carbocycles. The molecule has 1 unspecified atom stereocenters. The molecular formula is C21H23ClN2O3S2. The number of para-hydroxylation sites is 1. The smallest absolute Gasteiger partial charge is 0.259 e. The normalized spacial score (nSPS) is 20.3. The third kappa shape index (κ3) is 4.06. The molecule has 154 valence electrons. The van der Waals surface area contributed by atoms with Crippen LogP contribution in [-0.4, -0.2) is 43.5 Å². The summed E-state index contributed by atoms with van der Waals surface area (Å²) in [7, 11) is -3.62. The van der Waals surface area contributed by atoms with Crippen molar-refractivity contribution < 1.29 is 13.2 Å². The van der Waals surface area contributed by atoms with E-state index in [0.717, 1.165) is 29.8 Å². The molecule has 8 heteroatoms. The van der Waals surface area contributed by atoms with Crippen molar-refractivity contribution in [3.8, 4) is 0 Å². The fourth-order valence-electron chi connectivity index (χ4n) is 3.75. The summed E-state index contributed by atoms with van der Waals surface area (Å²) in [4.78, 5) is 16.4. The van der Waals surface area contributed by atoms with Gasteiger partial charge in [0.15, 0.2) is 0 Å². The highest BCUT2D eigenvalue weighted by Crippen LogP contribution is 2.38. The Morgan fingerprint density at radius 2 is 1.83 bits per heavy atom. The van der Waals surface area contributed by atoms with E-state index < -0.39 is 10.0 Å². The number of anilines is 1. The molecule has 0 N–H and O–H groups in total. The van der Waals surface area contributed by atoms with Gasteiger partial charge in [0.25, 0.3) is 5.91 Å². The highest BCUT2D eigenvalue weighted by molar-refractivity contribution is 8.00. The molecule has 1 atom stereocenters. The lowest BCUT2D eigenvalue weighted by Crippen LogP contribution is -2.33. The zero-order valence-electron chi connectivity index (χ0n) is 16.2. The topological polar surface area (TPSA) is 57.7 Å². The van der Waals surface area contributed by atoms with Crippen molar-refractivity contribution in [1.29, 1.82) is 0 Å². The number of amides is 1. The Morgan fingerprint density at radius 1 is 1.10 bits per heavy atom.